The molecule has 0 aliphatic carbocycles. The molecular weight excluding hydrogens is 374 g/mol. The van der Waals surface area contributed by atoms with Crippen molar-refractivity contribution in [3.8, 4) is 5.75 Å². The number of carbonyl (C=O) groups is 2. The molecule has 0 bridgehead atoms. The Morgan fingerprint density at radius 1 is 1.27 bits per heavy atom. The van der Waals surface area contributed by atoms with Gasteiger partial charge in [0.15, 0.2) is 11.8 Å². The van der Waals surface area contributed by atoms with Crippen LogP contribution >= 0.6 is 23.4 Å². The molecule has 132 valence electrons. The molecular formula is C18H14ClN3O3S. The second-order valence-corrected chi connectivity index (χ2v) is 6.70. The lowest BCUT2D eigenvalue weighted by Crippen LogP contribution is -2.20. The minimum absolute atomic E-state index is 0.227. The number of para-hydroxylation sites is 1. The number of primary amides is 1. The van der Waals surface area contributed by atoms with Crippen molar-refractivity contribution in [3.63, 3.8) is 0 Å². The average Bonchev–Trinajstić information content (AvgIpc) is 2.94. The molecule has 3 rings (SSSR count). The number of aliphatic imine (C=N–C) groups is 1. The van der Waals surface area contributed by atoms with Crippen LogP contribution in [0.25, 0.3) is 6.08 Å². The summed E-state index contributed by atoms with van der Waals surface area (Å²) < 4.78 is 5.20. The number of hydrogen-bond acceptors (Lipinski definition) is 5. The summed E-state index contributed by atoms with van der Waals surface area (Å²) in [5.41, 5.74) is 6.52. The quantitative estimate of drug-likeness (QED) is 0.771. The van der Waals surface area contributed by atoms with Crippen molar-refractivity contribution < 1.29 is 14.3 Å². The van der Waals surface area contributed by atoms with Crippen LogP contribution in [0.5, 0.6) is 5.75 Å². The summed E-state index contributed by atoms with van der Waals surface area (Å²) in [5.74, 6) is -0.464. The number of rotatable bonds is 5. The van der Waals surface area contributed by atoms with Crippen LogP contribution < -0.4 is 15.8 Å². The van der Waals surface area contributed by atoms with Gasteiger partial charge >= 0.3 is 0 Å². The van der Waals surface area contributed by atoms with Gasteiger partial charge in [-0.3, -0.25) is 9.59 Å². The predicted octanol–water partition coefficient (Wildman–Crippen LogP) is 3.10. The Balaban J connectivity index is 1.75. The van der Waals surface area contributed by atoms with Crippen molar-refractivity contribution in [1.82, 2.24) is 5.32 Å². The molecule has 8 heteroatoms. The molecule has 0 radical (unpaired) electrons. The Morgan fingerprint density at radius 2 is 2.04 bits per heavy atom. The van der Waals surface area contributed by atoms with E-state index in [0.29, 0.717) is 20.8 Å². The molecule has 1 fully saturated rings. The van der Waals surface area contributed by atoms with Crippen LogP contribution in [0.4, 0.5) is 5.69 Å². The number of ether oxygens (including phenoxy) is 1. The zero-order valence-electron chi connectivity index (χ0n) is 13.4. The van der Waals surface area contributed by atoms with E-state index in [1.54, 1.807) is 24.3 Å². The van der Waals surface area contributed by atoms with E-state index < -0.39 is 5.91 Å². The first kappa shape index (κ1) is 18.0. The van der Waals surface area contributed by atoms with Crippen molar-refractivity contribution in [2.24, 2.45) is 10.7 Å². The van der Waals surface area contributed by atoms with E-state index in [9.17, 15) is 9.59 Å². The Hall–Kier alpha value is -2.77. The van der Waals surface area contributed by atoms with Crippen molar-refractivity contribution in [1.29, 1.82) is 0 Å². The predicted molar refractivity (Wildman–Crippen MR) is 103 cm³/mol. The van der Waals surface area contributed by atoms with Gasteiger partial charge in [-0.1, -0.05) is 35.9 Å². The molecule has 1 saturated heterocycles. The largest absolute Gasteiger partial charge is 0.482 e. The lowest BCUT2D eigenvalue weighted by atomic mass is 10.2. The number of carbonyl (C=O) groups excluding carboxylic acids is 2. The fourth-order valence-electron chi connectivity index (χ4n) is 2.12. The summed E-state index contributed by atoms with van der Waals surface area (Å²) >= 11 is 7.38. The van der Waals surface area contributed by atoms with Gasteiger partial charge in [-0.2, -0.15) is 0 Å². The number of amidine groups is 1. The van der Waals surface area contributed by atoms with E-state index in [2.05, 4.69) is 10.3 Å². The van der Waals surface area contributed by atoms with Crippen LogP contribution in [0.3, 0.4) is 0 Å². The van der Waals surface area contributed by atoms with Crippen LogP contribution in [-0.4, -0.2) is 23.6 Å². The molecule has 2 aromatic carbocycles. The van der Waals surface area contributed by atoms with E-state index in [4.69, 9.17) is 22.1 Å². The van der Waals surface area contributed by atoms with Crippen molar-refractivity contribution in [3.05, 3.63) is 64.0 Å². The average molecular weight is 388 g/mol. The van der Waals surface area contributed by atoms with Crippen LogP contribution in [0.2, 0.25) is 5.02 Å². The molecule has 3 N–H and O–H groups in total. The Kier molecular flexibility index (Phi) is 5.60. The molecule has 0 atom stereocenters. The van der Waals surface area contributed by atoms with Gasteiger partial charge in [-0.15, -0.1) is 0 Å². The number of benzene rings is 2. The second-order valence-electron chi connectivity index (χ2n) is 5.26. The van der Waals surface area contributed by atoms with Crippen molar-refractivity contribution >= 4 is 52.1 Å². The molecule has 26 heavy (non-hydrogen) atoms. The standard InChI is InChI=1S/C18H14ClN3O3S/c19-13-8-11(6-7-14(13)25-10-16(20)23)9-15-17(24)22-18(26-15)21-12-4-2-1-3-5-12/h1-9H,10H2,(H2,20,23)(H,21,22,24). The maximum atomic E-state index is 12.1. The summed E-state index contributed by atoms with van der Waals surface area (Å²) in [4.78, 5) is 27.8. The number of nitrogens with one attached hydrogen (secondary N) is 1. The number of nitrogens with zero attached hydrogens (tertiary/aromatic N) is 1. The number of amides is 2. The zero-order valence-corrected chi connectivity index (χ0v) is 15.0. The van der Waals surface area contributed by atoms with Crippen molar-refractivity contribution in [2.45, 2.75) is 0 Å². The Bertz CT molecular complexity index is 913. The van der Waals surface area contributed by atoms with Crippen LogP contribution in [0, 0.1) is 0 Å². The summed E-state index contributed by atoms with van der Waals surface area (Å²) in [6, 6.07) is 14.4. The number of halogens is 1. The lowest BCUT2D eigenvalue weighted by molar-refractivity contribution is -0.120. The molecule has 2 amide bonds. The molecule has 0 saturated carbocycles. The third-order valence-electron chi connectivity index (χ3n) is 3.26. The van der Waals surface area contributed by atoms with Crippen LogP contribution in [-0.2, 0) is 9.59 Å². The van der Waals surface area contributed by atoms with E-state index in [0.717, 1.165) is 11.3 Å². The minimum Gasteiger partial charge on any atom is -0.482 e. The first-order chi connectivity index (χ1) is 12.5. The Morgan fingerprint density at radius 3 is 2.73 bits per heavy atom. The van der Waals surface area contributed by atoms with Gasteiger partial charge in [-0.05, 0) is 47.7 Å². The summed E-state index contributed by atoms with van der Waals surface area (Å²) in [7, 11) is 0. The van der Waals surface area contributed by atoms with Gasteiger partial charge in [0.1, 0.15) is 5.75 Å². The molecule has 0 aromatic heterocycles. The SMILES string of the molecule is NC(=O)COc1ccc(C=C2SC(=Nc3ccccc3)NC2=O)cc1Cl. The zero-order chi connectivity index (χ0) is 18.5. The molecule has 0 unspecified atom stereocenters. The first-order valence-corrected chi connectivity index (χ1v) is 8.76. The molecule has 1 aliphatic heterocycles. The lowest BCUT2D eigenvalue weighted by Gasteiger charge is -2.06. The maximum Gasteiger partial charge on any atom is 0.264 e. The fourth-order valence-corrected chi connectivity index (χ4v) is 3.21. The minimum atomic E-state index is -0.587. The van der Waals surface area contributed by atoms with Gasteiger partial charge in [0.25, 0.3) is 11.8 Å². The van der Waals surface area contributed by atoms with Crippen LogP contribution in [0.1, 0.15) is 5.56 Å². The Labute approximate surface area is 159 Å². The molecule has 1 heterocycles. The van der Waals surface area contributed by atoms with Gasteiger partial charge in [0.2, 0.25) is 0 Å². The van der Waals surface area contributed by atoms with E-state index in [1.165, 1.54) is 11.8 Å². The van der Waals surface area contributed by atoms with E-state index >= 15 is 0 Å². The highest BCUT2D eigenvalue weighted by Crippen LogP contribution is 2.30. The molecule has 1 aliphatic rings. The smallest absolute Gasteiger partial charge is 0.264 e. The number of hydrogen-bond donors (Lipinski definition) is 2. The maximum absolute atomic E-state index is 12.1. The van der Waals surface area contributed by atoms with Crippen molar-refractivity contribution in [2.75, 3.05) is 6.61 Å². The van der Waals surface area contributed by atoms with E-state index in [1.807, 2.05) is 30.3 Å². The molecule has 6 nitrogen and oxygen atoms in total. The first-order valence-electron chi connectivity index (χ1n) is 7.56. The third-order valence-corrected chi connectivity index (χ3v) is 4.47. The normalized spacial score (nSPS) is 16.7. The number of nitrogens with two attached hydrogens (primary N) is 1. The second kappa shape index (κ2) is 8.07. The highest BCUT2D eigenvalue weighted by Gasteiger charge is 2.23. The fraction of sp³-hybridized carbons (Fsp3) is 0.0556. The number of thioether (sulfide) groups is 1. The summed E-state index contributed by atoms with van der Waals surface area (Å²) in [6.07, 6.45) is 1.71. The van der Waals surface area contributed by atoms with Gasteiger partial charge in [0, 0.05) is 0 Å². The molecule has 2 aromatic rings. The highest BCUT2D eigenvalue weighted by atomic mass is 35.5. The summed E-state index contributed by atoms with van der Waals surface area (Å²) in [5, 5.41) is 3.56. The summed E-state index contributed by atoms with van der Waals surface area (Å²) in [6.45, 7) is -0.252. The molecule has 0 spiro atoms. The highest BCUT2D eigenvalue weighted by molar-refractivity contribution is 8.18. The van der Waals surface area contributed by atoms with Gasteiger partial charge in [-0.25, -0.2) is 4.99 Å². The monoisotopic (exact) mass is 387 g/mol. The van der Waals surface area contributed by atoms with Gasteiger partial charge < -0.3 is 15.8 Å². The van der Waals surface area contributed by atoms with E-state index in [-0.39, 0.29) is 12.5 Å². The van der Waals surface area contributed by atoms with Crippen LogP contribution in [0.15, 0.2) is 58.4 Å². The topological polar surface area (TPSA) is 93.8 Å². The third kappa shape index (κ3) is 4.65. The van der Waals surface area contributed by atoms with Gasteiger partial charge in [0.05, 0.1) is 15.6 Å².